The van der Waals surface area contributed by atoms with Crippen LogP contribution in [0.5, 0.6) is 0 Å². The predicted molar refractivity (Wildman–Crippen MR) is 63.0 cm³/mol. The summed E-state index contributed by atoms with van der Waals surface area (Å²) in [6.07, 6.45) is 4.09. The van der Waals surface area contributed by atoms with Gasteiger partial charge in [-0.25, -0.2) is 0 Å². The molecule has 1 N–H and O–H groups in total. The maximum absolute atomic E-state index is 9.97. The molecule has 2 atom stereocenters. The van der Waals surface area contributed by atoms with Gasteiger partial charge in [0.1, 0.15) is 0 Å². The molecule has 1 aliphatic rings. The van der Waals surface area contributed by atoms with Crippen LogP contribution in [0.15, 0.2) is 18.2 Å². The van der Waals surface area contributed by atoms with E-state index in [1.165, 1.54) is 23.1 Å². The summed E-state index contributed by atoms with van der Waals surface area (Å²) in [7, 11) is 0. The van der Waals surface area contributed by atoms with Crippen LogP contribution in [0.4, 0.5) is 0 Å². The Morgan fingerprint density at radius 1 is 1.27 bits per heavy atom. The zero-order valence-electron chi connectivity index (χ0n) is 9.66. The van der Waals surface area contributed by atoms with Gasteiger partial charge in [-0.05, 0) is 41.9 Å². The van der Waals surface area contributed by atoms with Gasteiger partial charge in [0, 0.05) is 0 Å². The van der Waals surface area contributed by atoms with Crippen molar-refractivity contribution in [1.82, 2.24) is 0 Å². The zero-order chi connectivity index (χ0) is 10.8. The molecule has 0 heterocycles. The van der Waals surface area contributed by atoms with E-state index in [1.54, 1.807) is 0 Å². The highest BCUT2D eigenvalue weighted by molar-refractivity contribution is 5.37. The second kappa shape index (κ2) is 4.36. The number of aryl methyl sites for hydroxylation is 1. The van der Waals surface area contributed by atoms with Gasteiger partial charge >= 0.3 is 0 Å². The van der Waals surface area contributed by atoms with E-state index in [1.807, 2.05) is 0 Å². The average molecular weight is 204 g/mol. The van der Waals surface area contributed by atoms with Crippen molar-refractivity contribution in [3.63, 3.8) is 0 Å². The number of aliphatic hydroxyl groups is 1. The van der Waals surface area contributed by atoms with Crippen molar-refractivity contribution in [1.29, 1.82) is 0 Å². The van der Waals surface area contributed by atoms with Crippen LogP contribution in [-0.4, -0.2) is 5.11 Å². The Kier molecular flexibility index (Phi) is 3.11. The van der Waals surface area contributed by atoms with Crippen LogP contribution in [0.1, 0.15) is 61.8 Å². The van der Waals surface area contributed by atoms with E-state index in [-0.39, 0.29) is 6.10 Å². The van der Waals surface area contributed by atoms with Crippen LogP contribution in [0.3, 0.4) is 0 Å². The van der Waals surface area contributed by atoms with E-state index in [2.05, 4.69) is 32.0 Å². The number of benzene rings is 1. The molecular weight excluding hydrogens is 184 g/mol. The first-order valence-electron chi connectivity index (χ1n) is 6.03. The predicted octanol–water partition coefficient (Wildman–Crippen LogP) is 3.57. The van der Waals surface area contributed by atoms with Crippen molar-refractivity contribution in [3.05, 3.63) is 34.9 Å². The lowest BCUT2D eigenvalue weighted by Crippen LogP contribution is -2.12. The molecule has 0 fully saturated rings. The Balaban J connectivity index is 2.36. The summed E-state index contributed by atoms with van der Waals surface area (Å²) in [6, 6.07) is 6.64. The average Bonchev–Trinajstić information content (AvgIpc) is 2.24. The number of hydrogen-bond donors (Lipinski definition) is 1. The highest BCUT2D eigenvalue weighted by Crippen LogP contribution is 2.37. The van der Waals surface area contributed by atoms with Crippen molar-refractivity contribution in [2.75, 3.05) is 0 Å². The molecular formula is C14H20O. The molecule has 1 aromatic rings. The van der Waals surface area contributed by atoms with Crippen molar-refractivity contribution < 1.29 is 5.11 Å². The fourth-order valence-electron chi connectivity index (χ4n) is 2.52. The van der Waals surface area contributed by atoms with E-state index in [9.17, 15) is 5.11 Å². The molecule has 0 aliphatic heterocycles. The lowest BCUT2D eigenvalue weighted by atomic mass is 9.81. The van der Waals surface area contributed by atoms with Gasteiger partial charge in [0.05, 0.1) is 6.10 Å². The van der Waals surface area contributed by atoms with E-state index in [0.29, 0.717) is 5.92 Å². The molecule has 0 saturated carbocycles. The monoisotopic (exact) mass is 204 g/mol. The summed E-state index contributed by atoms with van der Waals surface area (Å²) in [5.74, 6) is 0.610. The first-order valence-corrected chi connectivity index (χ1v) is 6.03. The smallest absolute Gasteiger partial charge is 0.0793 e. The van der Waals surface area contributed by atoms with Crippen LogP contribution in [-0.2, 0) is 6.42 Å². The molecule has 82 valence electrons. The quantitative estimate of drug-likeness (QED) is 0.780. The Hall–Kier alpha value is -0.820. The van der Waals surface area contributed by atoms with Crippen LogP contribution >= 0.6 is 0 Å². The third kappa shape index (κ3) is 2.07. The highest BCUT2D eigenvalue weighted by atomic mass is 16.3. The van der Waals surface area contributed by atoms with Gasteiger partial charge in [0.2, 0.25) is 0 Å². The first kappa shape index (κ1) is 10.7. The molecule has 15 heavy (non-hydrogen) atoms. The van der Waals surface area contributed by atoms with Crippen LogP contribution < -0.4 is 0 Å². The normalized spacial score (nSPS) is 25.0. The molecule has 1 aromatic carbocycles. The standard InChI is InChI=1S/C14H20O/c1-3-4-11-6-7-12-10(2)5-8-14(15)13(12)9-11/h6-7,9-10,14-15H,3-5,8H2,1-2H3. The molecule has 2 rings (SSSR count). The van der Waals surface area contributed by atoms with Gasteiger partial charge in [-0.3, -0.25) is 0 Å². The lowest BCUT2D eigenvalue weighted by Gasteiger charge is -2.27. The molecule has 1 nitrogen and oxygen atoms in total. The third-order valence-corrected chi connectivity index (χ3v) is 3.45. The molecule has 0 spiro atoms. The van der Waals surface area contributed by atoms with E-state index >= 15 is 0 Å². The Morgan fingerprint density at radius 3 is 2.80 bits per heavy atom. The summed E-state index contributed by atoms with van der Waals surface area (Å²) in [5.41, 5.74) is 3.90. The second-order valence-electron chi connectivity index (χ2n) is 4.71. The zero-order valence-corrected chi connectivity index (χ0v) is 9.66. The van der Waals surface area contributed by atoms with E-state index in [4.69, 9.17) is 0 Å². The minimum atomic E-state index is -0.229. The van der Waals surface area contributed by atoms with Gasteiger partial charge in [-0.15, -0.1) is 0 Å². The van der Waals surface area contributed by atoms with Gasteiger partial charge in [-0.1, -0.05) is 38.5 Å². The van der Waals surface area contributed by atoms with E-state index < -0.39 is 0 Å². The first-order chi connectivity index (χ1) is 7.22. The summed E-state index contributed by atoms with van der Waals surface area (Å²) >= 11 is 0. The summed E-state index contributed by atoms with van der Waals surface area (Å²) in [6.45, 7) is 4.45. The number of aliphatic hydroxyl groups excluding tert-OH is 1. The maximum Gasteiger partial charge on any atom is 0.0793 e. The van der Waals surface area contributed by atoms with Gasteiger partial charge in [0.25, 0.3) is 0 Å². The molecule has 1 aliphatic carbocycles. The molecule has 0 bridgehead atoms. The van der Waals surface area contributed by atoms with Gasteiger partial charge in [-0.2, -0.15) is 0 Å². The van der Waals surface area contributed by atoms with Gasteiger partial charge < -0.3 is 5.11 Å². The molecule has 0 amide bonds. The van der Waals surface area contributed by atoms with Crippen LogP contribution in [0.25, 0.3) is 0 Å². The minimum Gasteiger partial charge on any atom is -0.388 e. The topological polar surface area (TPSA) is 20.2 Å². The third-order valence-electron chi connectivity index (χ3n) is 3.45. The lowest BCUT2D eigenvalue weighted by molar-refractivity contribution is 0.151. The minimum absolute atomic E-state index is 0.229. The highest BCUT2D eigenvalue weighted by Gasteiger charge is 2.22. The van der Waals surface area contributed by atoms with Crippen molar-refractivity contribution in [3.8, 4) is 0 Å². The van der Waals surface area contributed by atoms with Crippen LogP contribution in [0, 0.1) is 0 Å². The Labute approximate surface area is 92.1 Å². The Bertz CT molecular complexity index is 343. The molecule has 0 aromatic heterocycles. The summed E-state index contributed by atoms with van der Waals surface area (Å²) in [5, 5.41) is 9.97. The number of rotatable bonds is 2. The van der Waals surface area contributed by atoms with Crippen molar-refractivity contribution in [2.45, 2.75) is 51.6 Å². The van der Waals surface area contributed by atoms with Crippen molar-refractivity contribution >= 4 is 0 Å². The largest absolute Gasteiger partial charge is 0.388 e. The van der Waals surface area contributed by atoms with E-state index in [0.717, 1.165) is 19.3 Å². The SMILES string of the molecule is CCCc1ccc2c(c1)C(O)CCC2C. The number of hydrogen-bond acceptors (Lipinski definition) is 1. The molecule has 0 radical (unpaired) electrons. The number of fused-ring (bicyclic) bond motifs is 1. The van der Waals surface area contributed by atoms with Crippen LogP contribution in [0.2, 0.25) is 0 Å². The van der Waals surface area contributed by atoms with Crippen molar-refractivity contribution in [2.24, 2.45) is 0 Å². The molecule has 2 unspecified atom stereocenters. The second-order valence-corrected chi connectivity index (χ2v) is 4.71. The molecule has 0 saturated heterocycles. The maximum atomic E-state index is 9.97. The summed E-state index contributed by atoms with van der Waals surface area (Å²) < 4.78 is 0. The van der Waals surface area contributed by atoms with Gasteiger partial charge in [0.15, 0.2) is 0 Å². The Morgan fingerprint density at radius 2 is 2.07 bits per heavy atom. The molecule has 1 heteroatoms. The fourth-order valence-corrected chi connectivity index (χ4v) is 2.52. The fraction of sp³-hybridized carbons (Fsp3) is 0.571. The summed E-state index contributed by atoms with van der Waals surface area (Å²) in [4.78, 5) is 0.